The summed E-state index contributed by atoms with van der Waals surface area (Å²) in [6.07, 6.45) is 5.19. The van der Waals surface area contributed by atoms with Gasteiger partial charge < -0.3 is 5.32 Å². The zero-order valence-electron chi connectivity index (χ0n) is 8.39. The fraction of sp³-hybridized carbons (Fsp3) is 0.636. The molecule has 1 N–H and O–H groups in total. The molecule has 1 heterocycles. The van der Waals surface area contributed by atoms with E-state index in [9.17, 15) is 0 Å². The molecule has 0 fully saturated rings. The molecule has 1 aromatic rings. The standard InChI is InChI=1S/C11H17NS/c1-3-9(12-2)11-7-8-5-4-6-10(8)13-11/h7,9,12H,3-6H2,1-2H3. The van der Waals surface area contributed by atoms with E-state index in [4.69, 9.17) is 0 Å². The predicted octanol–water partition coefficient (Wildman–Crippen LogP) is 2.91. The average molecular weight is 195 g/mol. The largest absolute Gasteiger partial charge is 0.312 e. The van der Waals surface area contributed by atoms with Crippen LogP contribution in [0.4, 0.5) is 0 Å². The number of nitrogens with one attached hydrogen (secondary N) is 1. The van der Waals surface area contributed by atoms with Gasteiger partial charge in [0.15, 0.2) is 0 Å². The van der Waals surface area contributed by atoms with Crippen molar-refractivity contribution in [2.45, 2.75) is 38.6 Å². The van der Waals surface area contributed by atoms with Crippen LogP contribution in [0.3, 0.4) is 0 Å². The van der Waals surface area contributed by atoms with E-state index >= 15 is 0 Å². The van der Waals surface area contributed by atoms with E-state index in [1.165, 1.54) is 30.6 Å². The molecule has 1 unspecified atom stereocenters. The van der Waals surface area contributed by atoms with Crippen LogP contribution in [0.5, 0.6) is 0 Å². The minimum absolute atomic E-state index is 0.579. The molecule has 0 bridgehead atoms. The highest BCUT2D eigenvalue weighted by Crippen LogP contribution is 2.34. The van der Waals surface area contributed by atoms with Crippen molar-refractivity contribution < 1.29 is 0 Å². The van der Waals surface area contributed by atoms with Crippen molar-refractivity contribution in [3.63, 3.8) is 0 Å². The maximum atomic E-state index is 3.37. The number of fused-ring (bicyclic) bond motifs is 1. The van der Waals surface area contributed by atoms with Crippen molar-refractivity contribution in [1.82, 2.24) is 5.32 Å². The first kappa shape index (κ1) is 9.22. The number of rotatable bonds is 3. The molecule has 1 aromatic heterocycles. The summed E-state index contributed by atoms with van der Waals surface area (Å²) in [6, 6.07) is 2.99. The van der Waals surface area contributed by atoms with Crippen LogP contribution in [-0.2, 0) is 12.8 Å². The number of hydrogen-bond acceptors (Lipinski definition) is 2. The van der Waals surface area contributed by atoms with Gasteiger partial charge >= 0.3 is 0 Å². The molecule has 1 aliphatic rings. The van der Waals surface area contributed by atoms with Crippen molar-refractivity contribution in [2.24, 2.45) is 0 Å². The zero-order chi connectivity index (χ0) is 9.26. The van der Waals surface area contributed by atoms with Crippen LogP contribution < -0.4 is 5.32 Å². The molecule has 72 valence electrons. The highest BCUT2D eigenvalue weighted by molar-refractivity contribution is 7.12. The maximum absolute atomic E-state index is 3.37. The molecule has 1 nitrogen and oxygen atoms in total. The zero-order valence-corrected chi connectivity index (χ0v) is 9.21. The first-order chi connectivity index (χ1) is 6.35. The number of thiophene rings is 1. The van der Waals surface area contributed by atoms with E-state index in [0.29, 0.717) is 6.04 Å². The monoisotopic (exact) mass is 195 g/mol. The van der Waals surface area contributed by atoms with Gasteiger partial charge in [0.25, 0.3) is 0 Å². The van der Waals surface area contributed by atoms with Gasteiger partial charge in [-0.3, -0.25) is 0 Å². The minimum Gasteiger partial charge on any atom is -0.312 e. The third kappa shape index (κ3) is 1.65. The first-order valence-corrected chi connectivity index (χ1v) is 5.95. The highest BCUT2D eigenvalue weighted by Gasteiger charge is 2.17. The van der Waals surface area contributed by atoms with Crippen LogP contribution in [0.2, 0.25) is 0 Å². The number of aryl methyl sites for hydroxylation is 2. The lowest BCUT2D eigenvalue weighted by Gasteiger charge is -2.10. The van der Waals surface area contributed by atoms with Gasteiger partial charge in [-0.25, -0.2) is 0 Å². The Morgan fingerprint density at radius 3 is 3.00 bits per heavy atom. The van der Waals surface area contributed by atoms with Crippen molar-refractivity contribution in [3.05, 3.63) is 21.4 Å². The van der Waals surface area contributed by atoms with E-state index in [-0.39, 0.29) is 0 Å². The molecule has 0 saturated carbocycles. The molecule has 1 aliphatic carbocycles. The molecule has 0 amide bonds. The highest BCUT2D eigenvalue weighted by atomic mass is 32.1. The fourth-order valence-corrected chi connectivity index (χ4v) is 3.52. The van der Waals surface area contributed by atoms with Crippen molar-refractivity contribution in [1.29, 1.82) is 0 Å². The van der Waals surface area contributed by atoms with E-state index in [2.05, 4.69) is 25.4 Å². The third-order valence-electron chi connectivity index (χ3n) is 2.87. The Kier molecular flexibility index (Phi) is 2.70. The Hall–Kier alpha value is -0.340. The summed E-state index contributed by atoms with van der Waals surface area (Å²) in [6.45, 7) is 2.24. The van der Waals surface area contributed by atoms with Crippen molar-refractivity contribution in [3.8, 4) is 0 Å². The van der Waals surface area contributed by atoms with Crippen LogP contribution in [-0.4, -0.2) is 7.05 Å². The van der Waals surface area contributed by atoms with Crippen molar-refractivity contribution >= 4 is 11.3 Å². The van der Waals surface area contributed by atoms with Gasteiger partial charge in [0.1, 0.15) is 0 Å². The quantitative estimate of drug-likeness (QED) is 0.782. The molecule has 1 atom stereocenters. The molecule has 0 saturated heterocycles. The molecule has 0 aliphatic heterocycles. The van der Waals surface area contributed by atoms with Gasteiger partial charge in [0.05, 0.1) is 0 Å². The smallest absolute Gasteiger partial charge is 0.0409 e. The minimum atomic E-state index is 0.579. The lowest BCUT2D eigenvalue weighted by atomic mass is 10.1. The second-order valence-electron chi connectivity index (χ2n) is 3.70. The summed E-state index contributed by atoms with van der Waals surface area (Å²) in [4.78, 5) is 3.18. The van der Waals surface area contributed by atoms with Gasteiger partial charge in [-0.15, -0.1) is 11.3 Å². The second-order valence-corrected chi connectivity index (χ2v) is 4.87. The van der Waals surface area contributed by atoms with E-state index in [1.807, 2.05) is 11.3 Å². The Balaban J connectivity index is 2.22. The Morgan fingerprint density at radius 1 is 1.54 bits per heavy atom. The molecule has 13 heavy (non-hydrogen) atoms. The Bertz CT molecular complexity index is 265. The molecule has 0 radical (unpaired) electrons. The predicted molar refractivity (Wildman–Crippen MR) is 58.4 cm³/mol. The first-order valence-electron chi connectivity index (χ1n) is 5.14. The molecule has 2 heteroatoms. The van der Waals surface area contributed by atoms with Gasteiger partial charge in [-0.1, -0.05) is 6.92 Å². The van der Waals surface area contributed by atoms with E-state index in [1.54, 1.807) is 10.4 Å². The van der Waals surface area contributed by atoms with Crippen LogP contribution in [0.15, 0.2) is 6.07 Å². The summed E-state index contributed by atoms with van der Waals surface area (Å²) in [5.74, 6) is 0. The molecular weight excluding hydrogens is 178 g/mol. The van der Waals surface area contributed by atoms with Gasteiger partial charge in [-0.2, -0.15) is 0 Å². The van der Waals surface area contributed by atoms with Crippen LogP contribution in [0, 0.1) is 0 Å². The summed E-state index contributed by atoms with van der Waals surface area (Å²) in [7, 11) is 2.05. The van der Waals surface area contributed by atoms with Crippen molar-refractivity contribution in [2.75, 3.05) is 7.05 Å². The van der Waals surface area contributed by atoms with Gasteiger partial charge in [0, 0.05) is 15.8 Å². The van der Waals surface area contributed by atoms with Gasteiger partial charge in [0.2, 0.25) is 0 Å². The van der Waals surface area contributed by atoms with Crippen LogP contribution in [0.25, 0.3) is 0 Å². The Labute approximate surface area is 84.2 Å². The summed E-state index contributed by atoms with van der Waals surface area (Å²) in [5.41, 5.74) is 1.62. The third-order valence-corrected chi connectivity index (χ3v) is 4.22. The average Bonchev–Trinajstić information content (AvgIpc) is 2.65. The van der Waals surface area contributed by atoms with Crippen LogP contribution in [0.1, 0.15) is 41.1 Å². The normalized spacial score (nSPS) is 17.4. The topological polar surface area (TPSA) is 12.0 Å². The lowest BCUT2D eigenvalue weighted by Crippen LogP contribution is -2.13. The molecule has 0 aromatic carbocycles. The van der Waals surface area contributed by atoms with Crippen LogP contribution >= 0.6 is 11.3 Å². The molecule has 2 rings (SSSR count). The summed E-state index contributed by atoms with van der Waals surface area (Å²) >= 11 is 2.02. The van der Waals surface area contributed by atoms with Gasteiger partial charge in [-0.05, 0) is 44.4 Å². The second kappa shape index (κ2) is 3.81. The summed E-state index contributed by atoms with van der Waals surface area (Å²) in [5, 5.41) is 3.37. The fourth-order valence-electron chi connectivity index (χ4n) is 2.07. The molecule has 0 spiro atoms. The van der Waals surface area contributed by atoms with E-state index in [0.717, 1.165) is 0 Å². The maximum Gasteiger partial charge on any atom is 0.0409 e. The summed E-state index contributed by atoms with van der Waals surface area (Å²) < 4.78 is 0. The SMILES string of the molecule is CCC(NC)c1cc2c(s1)CCC2. The van der Waals surface area contributed by atoms with E-state index < -0.39 is 0 Å². The Morgan fingerprint density at radius 2 is 2.38 bits per heavy atom. The lowest BCUT2D eigenvalue weighted by molar-refractivity contribution is 0.586. The molecular formula is C11H17NS. The number of hydrogen-bond donors (Lipinski definition) is 1.